The number of dihydropyridines is 1. The third kappa shape index (κ3) is 6.68. The lowest BCUT2D eigenvalue weighted by Crippen LogP contribution is -2.29. The van der Waals surface area contributed by atoms with Gasteiger partial charge < -0.3 is 24.3 Å². The summed E-state index contributed by atoms with van der Waals surface area (Å²) in [5, 5.41) is 3.60. The molecule has 0 saturated heterocycles. The highest BCUT2D eigenvalue weighted by Gasteiger charge is 2.37. The molecule has 7 nitrogen and oxygen atoms in total. The van der Waals surface area contributed by atoms with Gasteiger partial charge in [-0.15, -0.1) is 0 Å². The van der Waals surface area contributed by atoms with Gasteiger partial charge in [-0.25, -0.2) is 9.59 Å². The van der Waals surface area contributed by atoms with E-state index >= 15 is 0 Å². The van der Waals surface area contributed by atoms with Gasteiger partial charge in [-0.3, -0.25) is 0 Å². The van der Waals surface area contributed by atoms with E-state index in [-0.39, 0.29) is 34.8 Å². The van der Waals surface area contributed by atoms with Gasteiger partial charge >= 0.3 is 12.3 Å². The molecule has 1 N–H and O–H groups in total. The maximum absolute atomic E-state index is 12.7. The molecule has 196 valence electrons. The van der Waals surface area contributed by atoms with Crippen molar-refractivity contribution >= 4 is 35.5 Å². The van der Waals surface area contributed by atoms with Crippen LogP contribution in [-0.2, 0) is 32.2 Å². The number of hydrogen-bond donors (Lipinski definition) is 1. The van der Waals surface area contributed by atoms with Crippen molar-refractivity contribution in [2.75, 3.05) is 0 Å². The summed E-state index contributed by atoms with van der Waals surface area (Å²) in [6, 6.07) is 23.4. The molecule has 0 atom stereocenters. The van der Waals surface area contributed by atoms with E-state index in [9.17, 15) is 9.59 Å². The molecule has 0 bridgehead atoms. The Morgan fingerprint density at radius 1 is 0.711 bits per heavy atom. The molecular weight excluding hydrogens is 529 g/mol. The monoisotopic (exact) mass is 553 g/mol. The van der Waals surface area contributed by atoms with Crippen LogP contribution in [0.2, 0.25) is 10.0 Å². The molecule has 0 spiro atoms. The lowest BCUT2D eigenvalue weighted by atomic mass is 9.90. The normalized spacial score (nSPS) is 13.6. The number of allylic oxidation sites excluding steroid dienone is 2. The van der Waals surface area contributed by atoms with E-state index in [1.54, 1.807) is 32.0 Å². The number of benzene rings is 3. The van der Waals surface area contributed by atoms with E-state index in [1.165, 1.54) is 0 Å². The summed E-state index contributed by atoms with van der Waals surface area (Å²) >= 11 is 12.9. The van der Waals surface area contributed by atoms with Crippen LogP contribution in [0.3, 0.4) is 0 Å². The van der Waals surface area contributed by atoms with E-state index in [4.69, 9.17) is 42.1 Å². The van der Waals surface area contributed by atoms with Crippen molar-refractivity contribution in [1.29, 1.82) is 0 Å². The Kier molecular flexibility index (Phi) is 8.94. The molecule has 4 rings (SSSR count). The predicted molar refractivity (Wildman–Crippen MR) is 143 cm³/mol. The first kappa shape index (κ1) is 27.1. The van der Waals surface area contributed by atoms with E-state index in [1.807, 2.05) is 60.7 Å². The summed E-state index contributed by atoms with van der Waals surface area (Å²) in [6.45, 7) is 3.48. The summed E-state index contributed by atoms with van der Waals surface area (Å²) in [6.07, 6.45) is -1.86. The van der Waals surface area contributed by atoms with Gasteiger partial charge in [0.2, 0.25) is 0 Å². The molecule has 1 aliphatic rings. The molecule has 0 saturated carbocycles. The number of halogens is 2. The van der Waals surface area contributed by atoms with E-state index in [2.05, 4.69) is 5.32 Å². The Morgan fingerprint density at radius 3 is 1.66 bits per heavy atom. The third-order valence-corrected chi connectivity index (χ3v) is 6.55. The standard InChI is InChI=1S/C29H25Cl2NO6/c1-18-26(37-28(33)35-16-20-10-5-3-6-11-20)24(22-14-9-15-23(30)25(22)31)27(19(2)32-18)38-29(34)36-17-21-12-7-4-8-13-21/h3-15,24,32H,16-17H2,1-2H3. The summed E-state index contributed by atoms with van der Waals surface area (Å²) in [4.78, 5) is 25.4. The molecule has 0 amide bonds. The molecule has 0 radical (unpaired) electrons. The van der Waals surface area contributed by atoms with Crippen molar-refractivity contribution in [2.24, 2.45) is 0 Å². The van der Waals surface area contributed by atoms with Crippen molar-refractivity contribution in [3.05, 3.63) is 129 Å². The van der Waals surface area contributed by atoms with Crippen molar-refractivity contribution < 1.29 is 28.5 Å². The molecule has 0 unspecified atom stereocenters. The van der Waals surface area contributed by atoms with Crippen LogP contribution in [0.1, 0.15) is 36.5 Å². The quantitative estimate of drug-likeness (QED) is 0.298. The van der Waals surface area contributed by atoms with Crippen LogP contribution in [0.25, 0.3) is 0 Å². The molecule has 38 heavy (non-hydrogen) atoms. The van der Waals surface area contributed by atoms with Gasteiger partial charge in [-0.05, 0) is 36.6 Å². The Hall–Kier alpha value is -3.94. The van der Waals surface area contributed by atoms with E-state index < -0.39 is 18.2 Å². The zero-order valence-electron chi connectivity index (χ0n) is 20.7. The molecule has 9 heteroatoms. The first-order valence-corrected chi connectivity index (χ1v) is 12.5. The molecule has 0 aromatic heterocycles. The second kappa shape index (κ2) is 12.5. The largest absolute Gasteiger partial charge is 0.513 e. The minimum Gasteiger partial charge on any atom is -0.429 e. The van der Waals surface area contributed by atoms with Crippen LogP contribution in [0.4, 0.5) is 9.59 Å². The second-order valence-electron chi connectivity index (χ2n) is 8.43. The van der Waals surface area contributed by atoms with Gasteiger partial charge in [0, 0.05) is 0 Å². The topological polar surface area (TPSA) is 83.1 Å². The fraction of sp³-hybridized carbons (Fsp3) is 0.172. The molecule has 0 aliphatic carbocycles. The summed E-state index contributed by atoms with van der Waals surface area (Å²) in [5.74, 6) is -0.608. The highest BCUT2D eigenvalue weighted by Crippen LogP contribution is 2.43. The molecular formula is C29H25Cl2NO6. The first-order valence-electron chi connectivity index (χ1n) is 11.7. The maximum Gasteiger partial charge on any atom is 0.513 e. The van der Waals surface area contributed by atoms with Crippen LogP contribution < -0.4 is 5.32 Å². The SMILES string of the molecule is CC1=C(OC(=O)OCc2ccccc2)C(c2cccc(Cl)c2Cl)C(OC(=O)OCc2ccccc2)=C(C)N1. The van der Waals surface area contributed by atoms with Crippen molar-refractivity contribution in [3.8, 4) is 0 Å². The minimum atomic E-state index is -0.932. The Labute approximate surface area is 230 Å². The molecule has 3 aromatic carbocycles. The number of ether oxygens (including phenoxy) is 4. The summed E-state index contributed by atoms with van der Waals surface area (Å²) in [5.41, 5.74) is 3.08. The Balaban J connectivity index is 1.58. The average Bonchev–Trinajstić information content (AvgIpc) is 2.92. The fourth-order valence-electron chi connectivity index (χ4n) is 3.92. The Morgan fingerprint density at radius 2 is 1.18 bits per heavy atom. The number of nitrogens with one attached hydrogen (secondary N) is 1. The lowest BCUT2D eigenvalue weighted by Gasteiger charge is -2.30. The molecule has 3 aromatic rings. The molecule has 0 fully saturated rings. The number of carbonyl (C=O) groups excluding carboxylic acids is 2. The number of rotatable bonds is 7. The van der Waals surface area contributed by atoms with Crippen molar-refractivity contribution in [2.45, 2.75) is 33.0 Å². The molecule has 1 aliphatic heterocycles. The van der Waals surface area contributed by atoms with Crippen LogP contribution >= 0.6 is 23.2 Å². The van der Waals surface area contributed by atoms with Crippen molar-refractivity contribution in [3.63, 3.8) is 0 Å². The van der Waals surface area contributed by atoms with E-state index in [0.717, 1.165) is 11.1 Å². The summed E-state index contributed by atoms with van der Waals surface area (Å²) in [7, 11) is 0. The lowest BCUT2D eigenvalue weighted by molar-refractivity contribution is 0.0554. The van der Waals surface area contributed by atoms with Crippen LogP contribution in [0, 0.1) is 0 Å². The van der Waals surface area contributed by atoms with Gasteiger partial charge in [0.05, 0.1) is 21.4 Å². The second-order valence-corrected chi connectivity index (χ2v) is 9.22. The highest BCUT2D eigenvalue weighted by molar-refractivity contribution is 6.42. The molecule has 1 heterocycles. The number of carbonyl (C=O) groups is 2. The van der Waals surface area contributed by atoms with Gasteiger partial charge in [-0.2, -0.15) is 0 Å². The first-order chi connectivity index (χ1) is 18.3. The maximum atomic E-state index is 12.7. The smallest absolute Gasteiger partial charge is 0.429 e. The van der Waals surface area contributed by atoms with Gasteiger partial charge in [-0.1, -0.05) is 96.0 Å². The van der Waals surface area contributed by atoms with Gasteiger partial charge in [0.25, 0.3) is 0 Å². The zero-order chi connectivity index (χ0) is 27.1. The van der Waals surface area contributed by atoms with Crippen LogP contribution in [0.15, 0.2) is 102 Å². The van der Waals surface area contributed by atoms with Gasteiger partial charge in [0.1, 0.15) is 30.6 Å². The third-order valence-electron chi connectivity index (χ3n) is 5.72. The van der Waals surface area contributed by atoms with Gasteiger partial charge in [0.15, 0.2) is 0 Å². The number of hydrogen-bond acceptors (Lipinski definition) is 7. The van der Waals surface area contributed by atoms with Crippen LogP contribution in [-0.4, -0.2) is 12.3 Å². The summed E-state index contributed by atoms with van der Waals surface area (Å²) < 4.78 is 22.0. The van der Waals surface area contributed by atoms with Crippen LogP contribution in [0.5, 0.6) is 0 Å². The highest BCUT2D eigenvalue weighted by atomic mass is 35.5. The Bertz CT molecular complexity index is 1290. The van der Waals surface area contributed by atoms with Crippen molar-refractivity contribution in [1.82, 2.24) is 5.32 Å². The minimum absolute atomic E-state index is 0.0199. The predicted octanol–water partition coefficient (Wildman–Crippen LogP) is 7.85. The zero-order valence-corrected chi connectivity index (χ0v) is 22.2. The average molecular weight is 554 g/mol. The fourth-order valence-corrected chi connectivity index (χ4v) is 4.34. The van der Waals surface area contributed by atoms with E-state index in [0.29, 0.717) is 17.0 Å².